The average molecular weight is 1930 g/mol. The van der Waals surface area contributed by atoms with Crippen LogP contribution in [0.3, 0.4) is 0 Å². The lowest BCUT2D eigenvalue weighted by Gasteiger charge is -2.46. The summed E-state index contributed by atoms with van der Waals surface area (Å²) in [6.07, 6.45) is 15.8. The number of piperidine rings is 3. The minimum atomic E-state index is -0.711. The van der Waals surface area contributed by atoms with Gasteiger partial charge in [-0.3, -0.25) is 60.2 Å². The van der Waals surface area contributed by atoms with Gasteiger partial charge in [-0.2, -0.15) is 0 Å². The molecule has 13 heterocycles. The van der Waals surface area contributed by atoms with Crippen LogP contribution in [0.15, 0.2) is 134 Å². The van der Waals surface area contributed by atoms with Crippen LogP contribution in [0.25, 0.3) is 0 Å². The fourth-order valence-electron chi connectivity index (χ4n) is 17.1. The van der Waals surface area contributed by atoms with Crippen molar-refractivity contribution >= 4 is 111 Å². The van der Waals surface area contributed by atoms with E-state index in [2.05, 4.69) is 34.8 Å². The maximum absolute atomic E-state index is 14.9. The van der Waals surface area contributed by atoms with Gasteiger partial charge in [-0.15, -0.1) is 0 Å². The largest absolute Gasteiger partial charge is 0.460 e. The molecule has 742 valence electrons. The number of hydrogen-bond acceptors (Lipinski definition) is 30. The molecule has 42 heteroatoms. The summed E-state index contributed by atoms with van der Waals surface area (Å²) in [7, 11) is 0. The van der Waals surface area contributed by atoms with Crippen molar-refractivity contribution in [1.29, 1.82) is 27.0 Å². The van der Waals surface area contributed by atoms with Crippen molar-refractivity contribution in [1.82, 2.24) is 34.8 Å². The fraction of sp³-hybridized carbons (Fsp3) is 0.443. The highest BCUT2D eigenvalue weighted by molar-refractivity contribution is 5.99. The van der Waals surface area contributed by atoms with E-state index in [4.69, 9.17) is 78.4 Å². The molecule has 6 aromatic heterocycles. The van der Waals surface area contributed by atoms with E-state index in [1.54, 1.807) is 35.1 Å². The summed E-state index contributed by atoms with van der Waals surface area (Å²) in [5.41, 5.74) is 25.9. The summed E-state index contributed by atoms with van der Waals surface area (Å²) in [5, 5.41) is 35.6. The molecule has 7 aliphatic heterocycles. The van der Waals surface area contributed by atoms with Crippen LogP contribution < -0.4 is 57.2 Å². The Morgan fingerprint density at radius 2 is 0.727 bits per heavy atom. The highest BCUT2D eigenvalue weighted by Crippen LogP contribution is 2.39. The lowest BCUT2D eigenvalue weighted by Crippen LogP contribution is -2.53. The van der Waals surface area contributed by atoms with Crippen molar-refractivity contribution in [3.63, 3.8) is 0 Å². The normalized spacial score (nSPS) is 16.0. The number of anilines is 7. The molecule has 0 bridgehead atoms. The van der Waals surface area contributed by atoms with Gasteiger partial charge >= 0.3 is 29.8 Å². The number of halogens is 6. The van der Waals surface area contributed by atoms with E-state index in [1.165, 1.54) is 80.4 Å². The molecule has 0 aliphatic carbocycles. The average Bonchev–Trinajstić information content (AvgIpc) is 0.776. The van der Waals surface area contributed by atoms with Gasteiger partial charge in [0.05, 0.1) is 13.0 Å². The zero-order valence-corrected chi connectivity index (χ0v) is 78.0. The van der Waals surface area contributed by atoms with Crippen LogP contribution in [0, 0.1) is 92.5 Å². The molecule has 13 N–H and O–H groups in total. The lowest BCUT2D eigenvalue weighted by molar-refractivity contribution is -0.144. The number of pyridine rings is 6. The molecule has 36 nitrogen and oxygen atoms in total. The smallest absolute Gasteiger partial charge is 0.313 e. The van der Waals surface area contributed by atoms with E-state index in [0.29, 0.717) is 74.7 Å². The maximum Gasteiger partial charge on any atom is 0.313 e. The van der Waals surface area contributed by atoms with Gasteiger partial charge in [0.1, 0.15) is 87.9 Å². The minimum absolute atomic E-state index is 0.00755. The van der Waals surface area contributed by atoms with Crippen molar-refractivity contribution in [2.45, 2.75) is 143 Å². The number of carbonyl (C=O) groups is 7. The molecule has 0 spiro atoms. The molecule has 0 atom stereocenters. The number of nitrogens with two attached hydrogens (primary N) is 4. The van der Waals surface area contributed by atoms with E-state index in [0.717, 1.165) is 140 Å². The third kappa shape index (κ3) is 31.3. The number of hydrogen-bond donors (Lipinski definition) is 9. The number of piperazine rings is 2. The Morgan fingerprint density at radius 1 is 0.381 bits per heavy atom. The lowest BCUT2D eigenvalue weighted by atomic mass is 9.79. The Morgan fingerprint density at radius 3 is 1.12 bits per heavy atom. The first-order valence-corrected chi connectivity index (χ1v) is 45.9. The number of para-hydroxylation sites is 1. The molecule has 7 fully saturated rings. The molecule has 0 radical (unpaired) electrons. The Balaban J connectivity index is 0.000000166. The molecule has 0 saturated carbocycles. The topological polar surface area (TPSA) is 501 Å². The Labute approximate surface area is 801 Å². The number of carbonyl (C=O) groups excluding carboxylic acids is 7. The Kier molecular flexibility index (Phi) is 39.0. The highest BCUT2D eigenvalue weighted by atomic mass is 19.1. The third-order valence-electron chi connectivity index (χ3n) is 24.6. The zero-order valence-electron chi connectivity index (χ0n) is 78.0. The SMILES string of the molecule is CC(=N)CC(=O)OCc1ccnc(N2CCC(c3ccc(F)cc3)CC2)c1F.CC(=O)N1CCC(C2CN(c3nccc(COC(=O)CC(=N)N)c3F)C2)CC1.Cc1cc(N2CCN(c3nccc(COC(=O)CC(=N)N)c3F)CC2)ccn1.N=C(N)CC(=O)OCc1ccnc(N2CCC(C3CCOCC3)CC2)c1F.N=C(N)CC(=O)OCc1ccnc(N2CCN(c3ccccc3)C(=O)C2)c1F. The van der Waals surface area contributed by atoms with E-state index < -0.39 is 58.9 Å². The van der Waals surface area contributed by atoms with Crippen molar-refractivity contribution in [2.24, 2.45) is 46.6 Å². The molecule has 7 aliphatic rings. The summed E-state index contributed by atoms with van der Waals surface area (Å²) in [5.74, 6) is -3.35. The van der Waals surface area contributed by atoms with Gasteiger partial charge in [0.15, 0.2) is 58.2 Å². The number of ether oxygens (including phenoxy) is 6. The Hall–Kier alpha value is -14.5. The second-order valence-corrected chi connectivity index (χ2v) is 34.6. The second-order valence-electron chi connectivity index (χ2n) is 34.6. The molecular weight excluding hydrogens is 1810 g/mol. The van der Waals surface area contributed by atoms with Gasteiger partial charge in [0.2, 0.25) is 11.8 Å². The zero-order chi connectivity index (χ0) is 99.8. The van der Waals surface area contributed by atoms with Crippen molar-refractivity contribution < 1.29 is 88.3 Å². The van der Waals surface area contributed by atoms with Crippen molar-refractivity contribution in [2.75, 3.05) is 146 Å². The second kappa shape index (κ2) is 51.6. The van der Waals surface area contributed by atoms with Gasteiger partial charge in [0, 0.05) is 200 Å². The van der Waals surface area contributed by atoms with Crippen LogP contribution in [-0.2, 0) is 95.0 Å². The number of nitrogens with zero attached hydrogens (tertiary/aromatic N) is 14. The third-order valence-corrected chi connectivity index (χ3v) is 24.6. The summed E-state index contributed by atoms with van der Waals surface area (Å²) in [6.45, 7) is 15.1. The van der Waals surface area contributed by atoms with Crippen molar-refractivity contribution in [3.8, 4) is 0 Å². The number of likely N-dealkylation sites (tertiary alicyclic amines) is 1. The molecule has 8 aromatic rings. The number of esters is 5. The predicted molar refractivity (Wildman–Crippen MR) is 508 cm³/mol. The van der Waals surface area contributed by atoms with Gasteiger partial charge in [0.25, 0.3) is 0 Å². The summed E-state index contributed by atoms with van der Waals surface area (Å²) in [4.78, 5) is 122. The molecule has 7 saturated heterocycles. The van der Waals surface area contributed by atoms with Crippen molar-refractivity contribution in [3.05, 3.63) is 208 Å². The quantitative estimate of drug-likeness (QED) is 0.00664. The van der Waals surface area contributed by atoms with Crippen LogP contribution in [0.2, 0.25) is 0 Å². The van der Waals surface area contributed by atoms with Crippen LogP contribution in [0.4, 0.5) is 66.8 Å². The van der Waals surface area contributed by atoms with E-state index in [9.17, 15) is 59.9 Å². The predicted octanol–water partition coefficient (Wildman–Crippen LogP) is 10.8. The van der Waals surface area contributed by atoms with Gasteiger partial charge in [-0.1, -0.05) is 30.3 Å². The maximum atomic E-state index is 14.9. The monoisotopic (exact) mass is 1930 g/mol. The first-order valence-electron chi connectivity index (χ1n) is 45.9. The van der Waals surface area contributed by atoms with Gasteiger partial charge in [-0.25, -0.2) is 51.3 Å². The van der Waals surface area contributed by atoms with Crippen LogP contribution in [-0.4, -0.2) is 217 Å². The summed E-state index contributed by atoms with van der Waals surface area (Å²) >= 11 is 0. The number of aryl methyl sites for hydroxylation is 1. The number of aromatic nitrogens is 6. The van der Waals surface area contributed by atoms with Gasteiger partial charge < -0.3 is 96.0 Å². The number of amides is 2. The van der Waals surface area contributed by atoms with Crippen LogP contribution in [0.1, 0.15) is 142 Å². The molecule has 0 unspecified atom stereocenters. The first-order chi connectivity index (χ1) is 66.7. The molecule has 2 aromatic carbocycles. The summed E-state index contributed by atoms with van der Waals surface area (Å²) < 4.78 is 118. The minimum Gasteiger partial charge on any atom is -0.460 e. The first kappa shape index (κ1) is 105. The number of rotatable bonds is 30. The van der Waals surface area contributed by atoms with E-state index in [-0.39, 0.29) is 169 Å². The Bertz CT molecular complexity index is 5600. The van der Waals surface area contributed by atoms with Crippen LogP contribution in [0.5, 0.6) is 0 Å². The fourth-order valence-corrected chi connectivity index (χ4v) is 17.1. The molecule has 2 amide bonds. The number of benzene rings is 2. The number of nitrogens with one attached hydrogen (secondary N) is 5. The standard InChI is InChI=1S/C21H23F2N3O2.C19H23FN6O2.C19H26FN5O3.C19H20FN5O3.C19H27FN4O3/c1-14(24)12-19(27)28-13-17-6-9-25-21(20(17)23)26-10-7-16(8-11-26)15-2-4-18(22)5-3-15;1-13-10-15(3-5-23-13)25-6-8-26(9-7-25)19-18(20)14(2-4-24-19)12-28-17(27)11-16(21)22;1-12(26)24-6-3-13(4-7-24)15-9-25(10-15)19-18(20)14(2-5-23-19)11-28-17(27)8-16(21)22;20-18-13(12-28-17(27)10-15(21)22)6-7-23-19(18)24-8-9-25(16(26)11-24)14-4-2-1-3-5-14;20-18-15(12-27-17(25)11-16(21)22)1-6-23-19(18)24-7-2-13(3-8-24)14-4-9-26-10-5-14/h2-6,9,16,24H,7-8,10-13H2,1H3;2-5,10H,6-9,11-12H2,1H3,(H3,21,22);2,5,13,15H,3-4,6-11H2,1H3,(H3,21,22);1-7H,8-12H2,(H3,21,22);1,6,13-14H,2-5,7-12H2,(H3,21,22). The highest BCUT2D eigenvalue weighted by Gasteiger charge is 2.39. The van der Waals surface area contributed by atoms with E-state index in [1.807, 2.05) is 73.9 Å². The molecule has 139 heavy (non-hydrogen) atoms. The number of amidine groups is 4. The van der Waals surface area contributed by atoms with E-state index >= 15 is 0 Å². The molecular formula is C97H119F6N23O13. The van der Waals surface area contributed by atoms with Crippen LogP contribution >= 0.6 is 0 Å². The van der Waals surface area contributed by atoms with Gasteiger partial charge in [-0.05, 0) is 167 Å². The summed E-state index contributed by atoms with van der Waals surface area (Å²) in [6, 6.07) is 27.2. The molecule has 15 rings (SSSR count).